The highest BCUT2D eigenvalue weighted by atomic mass is 127. The molecular weight excluding hydrogens is 415 g/mol. The summed E-state index contributed by atoms with van der Waals surface area (Å²) in [7, 11) is 0. The van der Waals surface area contributed by atoms with Gasteiger partial charge >= 0.3 is 0 Å². The molecule has 1 aliphatic carbocycles. The lowest BCUT2D eigenvalue weighted by molar-refractivity contribution is -0.123. The molecule has 1 unspecified atom stereocenters. The fourth-order valence-electron chi connectivity index (χ4n) is 2.46. The van der Waals surface area contributed by atoms with Crippen molar-refractivity contribution in [2.75, 3.05) is 0 Å². The van der Waals surface area contributed by atoms with Crippen molar-refractivity contribution in [3.8, 4) is 0 Å². The molecule has 1 fully saturated rings. The van der Waals surface area contributed by atoms with Crippen molar-refractivity contribution in [2.24, 2.45) is 0 Å². The van der Waals surface area contributed by atoms with Crippen LogP contribution in [0, 0.1) is 3.57 Å². The Hall–Kier alpha value is -1.89. The van der Waals surface area contributed by atoms with E-state index in [1.54, 1.807) is 6.07 Å². The van der Waals surface area contributed by atoms with E-state index in [2.05, 4.69) is 33.2 Å². The molecule has 1 atom stereocenters. The number of halogens is 1. The van der Waals surface area contributed by atoms with Gasteiger partial charge in [-0.1, -0.05) is 36.4 Å². The summed E-state index contributed by atoms with van der Waals surface area (Å²) in [6.45, 7) is 0. The molecule has 2 N–H and O–H groups in total. The summed E-state index contributed by atoms with van der Waals surface area (Å²) in [5.74, 6) is -0.333. The number of hydrogen-bond acceptors (Lipinski definition) is 2. The van der Waals surface area contributed by atoms with Crippen LogP contribution in [0.1, 0.15) is 28.8 Å². The molecular formula is C19H19IN2O2. The zero-order chi connectivity index (χ0) is 16.9. The van der Waals surface area contributed by atoms with E-state index in [1.165, 1.54) is 0 Å². The quantitative estimate of drug-likeness (QED) is 0.688. The summed E-state index contributed by atoms with van der Waals surface area (Å²) in [6.07, 6.45) is 2.53. The summed E-state index contributed by atoms with van der Waals surface area (Å²) < 4.78 is 0.988. The monoisotopic (exact) mass is 434 g/mol. The zero-order valence-electron chi connectivity index (χ0n) is 13.2. The molecule has 0 aliphatic heterocycles. The Morgan fingerprint density at radius 2 is 1.83 bits per heavy atom. The van der Waals surface area contributed by atoms with Crippen LogP contribution >= 0.6 is 22.6 Å². The number of amides is 2. The summed E-state index contributed by atoms with van der Waals surface area (Å²) in [6, 6.07) is 16.8. The molecule has 0 bridgehead atoms. The predicted molar refractivity (Wildman–Crippen MR) is 102 cm³/mol. The minimum absolute atomic E-state index is 0.111. The predicted octanol–water partition coefficient (Wildman–Crippen LogP) is 2.91. The van der Waals surface area contributed by atoms with Gasteiger partial charge in [0.2, 0.25) is 5.91 Å². The molecule has 124 valence electrons. The van der Waals surface area contributed by atoms with Crippen LogP contribution in [-0.4, -0.2) is 23.9 Å². The van der Waals surface area contributed by atoms with Crippen LogP contribution in [-0.2, 0) is 11.2 Å². The maximum absolute atomic E-state index is 12.5. The molecule has 24 heavy (non-hydrogen) atoms. The number of nitrogens with one attached hydrogen (secondary N) is 2. The van der Waals surface area contributed by atoms with Gasteiger partial charge in [0.25, 0.3) is 5.91 Å². The lowest BCUT2D eigenvalue weighted by Crippen LogP contribution is -2.48. The minimum Gasteiger partial charge on any atom is -0.352 e. The van der Waals surface area contributed by atoms with Crippen LogP contribution in [0.15, 0.2) is 54.6 Å². The highest BCUT2D eigenvalue weighted by Crippen LogP contribution is 2.19. The third kappa shape index (κ3) is 4.80. The summed E-state index contributed by atoms with van der Waals surface area (Å²) in [4.78, 5) is 25.0. The zero-order valence-corrected chi connectivity index (χ0v) is 15.3. The molecule has 0 radical (unpaired) electrons. The Balaban J connectivity index is 1.73. The number of carbonyl (C=O) groups excluding carboxylic acids is 2. The van der Waals surface area contributed by atoms with Crippen molar-refractivity contribution in [3.63, 3.8) is 0 Å². The van der Waals surface area contributed by atoms with Gasteiger partial charge in [-0.05, 0) is 59.2 Å². The van der Waals surface area contributed by atoms with Gasteiger partial charge in [-0.15, -0.1) is 0 Å². The molecule has 1 saturated carbocycles. The molecule has 5 heteroatoms. The second-order valence-electron chi connectivity index (χ2n) is 6.01. The van der Waals surface area contributed by atoms with Crippen LogP contribution in [0.5, 0.6) is 0 Å². The molecule has 3 rings (SSSR count). The van der Waals surface area contributed by atoms with E-state index in [0.29, 0.717) is 12.0 Å². The third-order valence-electron chi connectivity index (χ3n) is 3.92. The van der Waals surface area contributed by atoms with Gasteiger partial charge in [-0.25, -0.2) is 0 Å². The molecule has 2 amide bonds. The average molecular weight is 434 g/mol. The molecule has 2 aromatic carbocycles. The molecule has 2 aromatic rings. The summed E-state index contributed by atoms with van der Waals surface area (Å²) in [5, 5.41) is 5.87. The maximum Gasteiger partial charge on any atom is 0.251 e. The molecule has 0 saturated heterocycles. The van der Waals surface area contributed by atoms with Crippen LogP contribution in [0.4, 0.5) is 0 Å². The van der Waals surface area contributed by atoms with E-state index in [0.717, 1.165) is 22.0 Å². The second-order valence-corrected chi connectivity index (χ2v) is 7.25. The van der Waals surface area contributed by atoms with Crippen molar-refractivity contribution in [2.45, 2.75) is 31.3 Å². The normalized spacial score (nSPS) is 14.7. The minimum atomic E-state index is -0.571. The van der Waals surface area contributed by atoms with Crippen LogP contribution in [0.3, 0.4) is 0 Å². The SMILES string of the molecule is O=C(NC(Cc1ccccc1)C(=O)NC1CC1)c1cccc(I)c1. The van der Waals surface area contributed by atoms with Crippen molar-refractivity contribution in [1.29, 1.82) is 0 Å². The smallest absolute Gasteiger partial charge is 0.251 e. The van der Waals surface area contributed by atoms with Crippen molar-refractivity contribution >= 4 is 34.4 Å². The summed E-state index contributed by atoms with van der Waals surface area (Å²) in [5.41, 5.74) is 1.59. The van der Waals surface area contributed by atoms with Crippen LogP contribution < -0.4 is 10.6 Å². The first-order valence-corrected chi connectivity index (χ1v) is 9.10. The molecule has 0 heterocycles. The lowest BCUT2D eigenvalue weighted by Gasteiger charge is -2.19. The molecule has 0 aromatic heterocycles. The molecule has 1 aliphatic rings. The Bertz CT molecular complexity index is 729. The van der Waals surface area contributed by atoms with E-state index in [9.17, 15) is 9.59 Å². The van der Waals surface area contributed by atoms with Crippen LogP contribution in [0.25, 0.3) is 0 Å². The van der Waals surface area contributed by atoms with Gasteiger partial charge in [0.15, 0.2) is 0 Å². The van der Waals surface area contributed by atoms with E-state index < -0.39 is 6.04 Å². The number of rotatable bonds is 6. The standard InChI is InChI=1S/C19H19IN2O2/c20-15-8-4-7-14(12-15)18(23)22-17(19(24)21-16-9-10-16)11-13-5-2-1-3-6-13/h1-8,12,16-17H,9-11H2,(H,21,24)(H,22,23). The first kappa shape index (κ1) is 17.0. The van der Waals surface area contributed by atoms with Crippen LogP contribution in [0.2, 0.25) is 0 Å². The van der Waals surface area contributed by atoms with Crippen molar-refractivity contribution in [3.05, 3.63) is 69.3 Å². The number of carbonyl (C=O) groups is 2. The largest absolute Gasteiger partial charge is 0.352 e. The molecule has 4 nitrogen and oxygen atoms in total. The first-order chi connectivity index (χ1) is 11.6. The fraction of sp³-hybridized carbons (Fsp3) is 0.263. The average Bonchev–Trinajstić information content (AvgIpc) is 3.39. The fourth-order valence-corrected chi connectivity index (χ4v) is 3.00. The first-order valence-electron chi connectivity index (χ1n) is 8.02. The van der Waals surface area contributed by atoms with Gasteiger partial charge in [0, 0.05) is 21.6 Å². The van der Waals surface area contributed by atoms with Gasteiger partial charge in [0.05, 0.1) is 0 Å². The number of hydrogen-bond donors (Lipinski definition) is 2. The van der Waals surface area contributed by atoms with Gasteiger partial charge in [-0.3, -0.25) is 9.59 Å². The van der Waals surface area contributed by atoms with E-state index in [4.69, 9.17) is 0 Å². The van der Waals surface area contributed by atoms with Gasteiger partial charge < -0.3 is 10.6 Å². The highest BCUT2D eigenvalue weighted by molar-refractivity contribution is 14.1. The third-order valence-corrected chi connectivity index (χ3v) is 4.59. The Kier molecular flexibility index (Phi) is 5.50. The van der Waals surface area contributed by atoms with E-state index in [-0.39, 0.29) is 17.9 Å². The van der Waals surface area contributed by atoms with Gasteiger partial charge in [-0.2, -0.15) is 0 Å². The topological polar surface area (TPSA) is 58.2 Å². The Labute approximate surface area is 155 Å². The second kappa shape index (κ2) is 7.79. The van der Waals surface area contributed by atoms with E-state index >= 15 is 0 Å². The van der Waals surface area contributed by atoms with Gasteiger partial charge in [0.1, 0.15) is 6.04 Å². The lowest BCUT2D eigenvalue weighted by atomic mass is 10.0. The van der Waals surface area contributed by atoms with Crippen molar-refractivity contribution < 1.29 is 9.59 Å². The van der Waals surface area contributed by atoms with E-state index in [1.807, 2.05) is 48.5 Å². The number of benzene rings is 2. The summed E-state index contributed by atoms with van der Waals surface area (Å²) >= 11 is 2.17. The highest BCUT2D eigenvalue weighted by Gasteiger charge is 2.28. The maximum atomic E-state index is 12.5. The molecule has 0 spiro atoms. The Morgan fingerprint density at radius 1 is 1.08 bits per heavy atom. The Morgan fingerprint density at radius 3 is 2.50 bits per heavy atom. The van der Waals surface area contributed by atoms with Crippen molar-refractivity contribution in [1.82, 2.24) is 10.6 Å².